The van der Waals surface area contributed by atoms with Crippen LogP contribution in [0.15, 0.2) is 231 Å². The molecule has 1 aromatic heterocycles. The highest BCUT2D eigenvalue weighted by Crippen LogP contribution is 2.39. The van der Waals surface area contributed by atoms with Crippen molar-refractivity contribution in [2.75, 3.05) is 0 Å². The van der Waals surface area contributed by atoms with Crippen LogP contribution in [0, 0.1) is 11.3 Å². The van der Waals surface area contributed by atoms with E-state index >= 15 is 0 Å². The third-order valence-corrected chi connectivity index (χ3v) is 12.8. The predicted octanol–water partition coefficient (Wildman–Crippen LogP) is 16.0. The van der Waals surface area contributed by atoms with Crippen LogP contribution in [-0.2, 0) is 0 Å². The molecule has 4 heteroatoms. The summed E-state index contributed by atoms with van der Waals surface area (Å²) in [6, 6.07) is 82.9. The number of nitrogens with zero attached hydrogens (tertiary/aromatic N) is 4. The molecule has 0 atom stereocenters. The van der Waals surface area contributed by atoms with Gasteiger partial charge in [-0.15, -0.1) is 0 Å². The Bertz CT molecular complexity index is 3830. The van der Waals surface area contributed by atoms with Crippen LogP contribution >= 0.6 is 0 Å². The Balaban J connectivity index is 0.884. The molecule has 0 bridgehead atoms. The normalized spacial score (nSPS) is 11.3. The Morgan fingerprint density at radius 3 is 1.26 bits per heavy atom. The monoisotopic (exact) mass is 838 g/mol. The highest BCUT2D eigenvalue weighted by atomic mass is 15.0. The minimum atomic E-state index is 0.574. The summed E-state index contributed by atoms with van der Waals surface area (Å²) < 4.78 is 0. The summed E-state index contributed by atoms with van der Waals surface area (Å²) in [7, 11) is 0. The first-order chi connectivity index (χ1) is 32.7. The first kappa shape index (κ1) is 38.6. The molecule has 12 rings (SSSR count). The first-order valence-electron chi connectivity index (χ1n) is 22.1. The van der Waals surface area contributed by atoms with E-state index in [0.717, 1.165) is 55.6 Å². The Morgan fingerprint density at radius 1 is 0.258 bits per heavy atom. The lowest BCUT2D eigenvalue weighted by molar-refractivity contribution is 1.07. The molecule has 12 aromatic rings. The topological polar surface area (TPSA) is 62.5 Å². The van der Waals surface area contributed by atoms with Crippen molar-refractivity contribution < 1.29 is 0 Å². The van der Waals surface area contributed by atoms with Crippen LogP contribution in [0.5, 0.6) is 0 Å². The lowest BCUT2D eigenvalue weighted by Gasteiger charge is -2.14. The van der Waals surface area contributed by atoms with Gasteiger partial charge >= 0.3 is 0 Å². The molecule has 0 fully saturated rings. The van der Waals surface area contributed by atoms with Crippen molar-refractivity contribution in [3.63, 3.8) is 0 Å². The molecule has 0 aliphatic rings. The standard InChI is InChI=1S/C62H38N4/c63-39-59-51(25-12-26-52(59)48-18-10-17-46(37-48)47-35-36-57-55-22-7-6-20-53(55)54-21-8-9-23-56(54)58(57)38-47)42-29-33-45(34-30-42)62-65-60(43-14-2-1-3-15-43)64-61(66-62)44-31-27-41(28-32-44)50-24-11-16-40-13-4-5-19-49(40)50/h1-38H. The van der Waals surface area contributed by atoms with Crippen molar-refractivity contribution in [2.24, 2.45) is 0 Å². The second-order valence-electron chi connectivity index (χ2n) is 16.6. The van der Waals surface area contributed by atoms with Crippen LogP contribution < -0.4 is 0 Å². The molecule has 0 saturated heterocycles. The molecule has 11 aromatic carbocycles. The summed E-state index contributed by atoms with van der Waals surface area (Å²) >= 11 is 0. The summed E-state index contributed by atoms with van der Waals surface area (Å²) in [5, 5.41) is 20.7. The zero-order chi connectivity index (χ0) is 44.0. The fourth-order valence-corrected chi connectivity index (χ4v) is 9.53. The molecule has 0 saturated carbocycles. The number of nitriles is 1. The number of hydrogen-bond acceptors (Lipinski definition) is 4. The van der Waals surface area contributed by atoms with Gasteiger partial charge in [0, 0.05) is 27.8 Å². The van der Waals surface area contributed by atoms with E-state index in [0.29, 0.717) is 23.0 Å². The molecule has 0 N–H and O–H groups in total. The number of hydrogen-bond donors (Lipinski definition) is 0. The van der Waals surface area contributed by atoms with Crippen molar-refractivity contribution in [3.8, 4) is 84.7 Å². The van der Waals surface area contributed by atoms with E-state index in [1.54, 1.807) is 0 Å². The predicted molar refractivity (Wildman–Crippen MR) is 273 cm³/mol. The molecule has 66 heavy (non-hydrogen) atoms. The molecule has 0 amide bonds. The number of benzene rings is 11. The maximum atomic E-state index is 10.8. The van der Waals surface area contributed by atoms with Crippen LogP contribution in [0.25, 0.3) is 122 Å². The van der Waals surface area contributed by atoms with Gasteiger partial charge < -0.3 is 0 Å². The van der Waals surface area contributed by atoms with Crippen LogP contribution in [0.2, 0.25) is 0 Å². The Hall–Kier alpha value is -9.04. The summed E-state index contributed by atoms with van der Waals surface area (Å²) in [5.74, 6) is 1.77. The van der Waals surface area contributed by atoms with Gasteiger partial charge in [0.1, 0.15) is 6.07 Å². The zero-order valence-electron chi connectivity index (χ0n) is 35.7. The molecule has 306 valence electrons. The molecule has 4 nitrogen and oxygen atoms in total. The van der Waals surface area contributed by atoms with Crippen molar-refractivity contribution >= 4 is 43.1 Å². The number of rotatable bonds is 7. The largest absolute Gasteiger partial charge is 0.208 e. The Kier molecular flexibility index (Phi) is 9.51. The molecular weight excluding hydrogens is 801 g/mol. The summed E-state index contributed by atoms with van der Waals surface area (Å²) in [5.41, 5.74) is 11.5. The van der Waals surface area contributed by atoms with E-state index in [9.17, 15) is 5.26 Å². The number of aromatic nitrogens is 3. The van der Waals surface area contributed by atoms with Crippen LogP contribution in [0.1, 0.15) is 5.56 Å². The Morgan fingerprint density at radius 2 is 0.636 bits per heavy atom. The lowest BCUT2D eigenvalue weighted by atomic mass is 9.89. The van der Waals surface area contributed by atoms with E-state index in [1.165, 1.54) is 48.7 Å². The van der Waals surface area contributed by atoms with Gasteiger partial charge in [-0.2, -0.15) is 5.26 Å². The highest BCUT2D eigenvalue weighted by Gasteiger charge is 2.17. The van der Waals surface area contributed by atoms with Crippen LogP contribution in [0.4, 0.5) is 0 Å². The maximum absolute atomic E-state index is 10.8. The average molecular weight is 839 g/mol. The van der Waals surface area contributed by atoms with E-state index in [4.69, 9.17) is 15.0 Å². The van der Waals surface area contributed by atoms with Crippen molar-refractivity contribution in [3.05, 3.63) is 236 Å². The first-order valence-corrected chi connectivity index (χ1v) is 22.1. The van der Waals surface area contributed by atoms with Gasteiger partial charge in [0.05, 0.1) is 5.56 Å². The molecule has 0 aliphatic carbocycles. The van der Waals surface area contributed by atoms with Gasteiger partial charge in [0.25, 0.3) is 0 Å². The van der Waals surface area contributed by atoms with Gasteiger partial charge in [0.15, 0.2) is 17.5 Å². The molecule has 0 spiro atoms. The maximum Gasteiger partial charge on any atom is 0.164 e. The SMILES string of the molecule is N#Cc1c(-c2ccc(-c3nc(-c4ccccc4)nc(-c4ccc(-c5cccc6ccccc56)cc4)n3)cc2)cccc1-c1cccc(-c2ccc3c4ccccc4c4ccccc4c3c2)c1. The second-order valence-corrected chi connectivity index (χ2v) is 16.6. The fraction of sp³-hybridized carbons (Fsp3) is 0. The minimum absolute atomic E-state index is 0.574. The Labute approximate surface area is 382 Å². The molecule has 0 unspecified atom stereocenters. The second kappa shape index (κ2) is 16.3. The molecule has 0 radical (unpaired) electrons. The van der Waals surface area contributed by atoms with Gasteiger partial charge in [-0.1, -0.05) is 218 Å². The number of fused-ring (bicyclic) bond motifs is 7. The fourth-order valence-electron chi connectivity index (χ4n) is 9.53. The van der Waals surface area contributed by atoms with E-state index < -0.39 is 0 Å². The highest BCUT2D eigenvalue weighted by molar-refractivity contribution is 6.25. The smallest absolute Gasteiger partial charge is 0.164 e. The third kappa shape index (κ3) is 6.84. The van der Waals surface area contributed by atoms with E-state index in [2.05, 4.69) is 176 Å². The zero-order valence-corrected chi connectivity index (χ0v) is 35.7. The van der Waals surface area contributed by atoms with Crippen LogP contribution in [-0.4, -0.2) is 15.0 Å². The average Bonchev–Trinajstić information content (AvgIpc) is 3.40. The van der Waals surface area contributed by atoms with Crippen molar-refractivity contribution in [2.45, 2.75) is 0 Å². The third-order valence-electron chi connectivity index (χ3n) is 12.8. The van der Waals surface area contributed by atoms with Crippen LogP contribution in [0.3, 0.4) is 0 Å². The minimum Gasteiger partial charge on any atom is -0.208 e. The van der Waals surface area contributed by atoms with E-state index in [-0.39, 0.29) is 0 Å². The van der Waals surface area contributed by atoms with Gasteiger partial charge in [-0.05, 0) is 88.6 Å². The molecule has 1 heterocycles. The summed E-state index contributed by atoms with van der Waals surface area (Å²) in [6.45, 7) is 0. The summed E-state index contributed by atoms with van der Waals surface area (Å²) in [6.07, 6.45) is 0. The van der Waals surface area contributed by atoms with E-state index in [1.807, 2.05) is 60.7 Å². The molecular formula is C62H38N4. The van der Waals surface area contributed by atoms with Gasteiger partial charge in [-0.25, -0.2) is 15.0 Å². The van der Waals surface area contributed by atoms with Gasteiger partial charge in [0.2, 0.25) is 0 Å². The van der Waals surface area contributed by atoms with Crippen molar-refractivity contribution in [1.29, 1.82) is 5.26 Å². The lowest BCUT2D eigenvalue weighted by Crippen LogP contribution is -2.00. The quantitative estimate of drug-likeness (QED) is 0.150. The molecule has 0 aliphatic heterocycles. The van der Waals surface area contributed by atoms with Gasteiger partial charge in [-0.3, -0.25) is 0 Å². The van der Waals surface area contributed by atoms with Crippen molar-refractivity contribution in [1.82, 2.24) is 15.0 Å². The summed E-state index contributed by atoms with van der Waals surface area (Å²) in [4.78, 5) is 15.0.